The van der Waals surface area contributed by atoms with Crippen molar-refractivity contribution in [2.75, 3.05) is 19.7 Å². The Labute approximate surface area is 113 Å². The first-order valence-corrected chi connectivity index (χ1v) is 6.57. The van der Waals surface area contributed by atoms with Gasteiger partial charge in [-0.3, -0.25) is 4.79 Å². The number of hydrogen-bond acceptors (Lipinski definition) is 3. The van der Waals surface area contributed by atoms with Gasteiger partial charge >= 0.3 is 0 Å². The summed E-state index contributed by atoms with van der Waals surface area (Å²) >= 11 is 0. The molecule has 2 rings (SSSR count). The van der Waals surface area contributed by atoms with Gasteiger partial charge < -0.3 is 14.7 Å². The molecule has 1 heterocycles. The first-order chi connectivity index (χ1) is 9.20. The molecular weight excluding hydrogens is 242 g/mol. The number of nitrogens with zero attached hydrogens (tertiary/aromatic N) is 1. The van der Waals surface area contributed by atoms with Crippen LogP contribution < -0.4 is 4.74 Å². The maximum absolute atomic E-state index is 11.9. The fourth-order valence-corrected chi connectivity index (χ4v) is 2.11. The van der Waals surface area contributed by atoms with Gasteiger partial charge in [0, 0.05) is 24.7 Å². The van der Waals surface area contributed by atoms with Crippen molar-refractivity contribution in [3.63, 3.8) is 0 Å². The second-order valence-electron chi connectivity index (χ2n) is 4.53. The number of para-hydroxylation sites is 1. The zero-order chi connectivity index (χ0) is 13.7. The average Bonchev–Trinajstić information content (AvgIpc) is 2.84. The summed E-state index contributed by atoms with van der Waals surface area (Å²) in [4.78, 5) is 13.6. The number of hydrogen-bond donors (Lipinski definition) is 1. The van der Waals surface area contributed by atoms with Crippen LogP contribution in [-0.2, 0) is 4.79 Å². The highest BCUT2D eigenvalue weighted by Crippen LogP contribution is 2.19. The van der Waals surface area contributed by atoms with E-state index in [1.807, 2.05) is 31.2 Å². The van der Waals surface area contributed by atoms with E-state index >= 15 is 0 Å². The van der Waals surface area contributed by atoms with Gasteiger partial charge in [0.1, 0.15) is 5.75 Å². The molecule has 1 atom stereocenters. The van der Waals surface area contributed by atoms with Crippen LogP contribution in [0.15, 0.2) is 30.3 Å². The summed E-state index contributed by atoms with van der Waals surface area (Å²) in [5.41, 5.74) is 0.887. The molecule has 0 aliphatic carbocycles. The SMILES string of the molecule is CCOc1ccccc1C=CC(=O)N1CCC(O)C1. The Bertz CT molecular complexity index is 470. The summed E-state index contributed by atoms with van der Waals surface area (Å²) in [6.07, 6.45) is 3.58. The molecular formula is C15H19NO3. The lowest BCUT2D eigenvalue weighted by Crippen LogP contribution is -2.27. The third-order valence-corrected chi connectivity index (χ3v) is 3.10. The lowest BCUT2D eigenvalue weighted by molar-refractivity contribution is -0.125. The number of rotatable bonds is 4. The summed E-state index contributed by atoms with van der Waals surface area (Å²) in [6.45, 7) is 3.57. The van der Waals surface area contributed by atoms with Gasteiger partial charge in [-0.05, 0) is 25.5 Å². The Balaban J connectivity index is 2.04. The van der Waals surface area contributed by atoms with Gasteiger partial charge in [0.15, 0.2) is 0 Å². The van der Waals surface area contributed by atoms with Crippen LogP contribution in [0.4, 0.5) is 0 Å². The molecule has 0 bridgehead atoms. The first kappa shape index (κ1) is 13.6. The van der Waals surface area contributed by atoms with Crippen molar-refractivity contribution in [2.24, 2.45) is 0 Å². The molecule has 0 radical (unpaired) electrons. The molecule has 1 saturated heterocycles. The molecule has 0 aromatic heterocycles. The van der Waals surface area contributed by atoms with Crippen LogP contribution in [0.1, 0.15) is 18.9 Å². The van der Waals surface area contributed by atoms with Gasteiger partial charge in [0.25, 0.3) is 0 Å². The highest BCUT2D eigenvalue weighted by Gasteiger charge is 2.22. The van der Waals surface area contributed by atoms with Gasteiger partial charge in [-0.2, -0.15) is 0 Å². The summed E-state index contributed by atoms with van der Waals surface area (Å²) in [5.74, 6) is 0.707. The highest BCUT2D eigenvalue weighted by atomic mass is 16.5. The predicted octanol–water partition coefficient (Wildman–Crippen LogP) is 1.69. The molecule has 102 valence electrons. The number of amides is 1. The van der Waals surface area contributed by atoms with E-state index in [1.54, 1.807) is 11.0 Å². The van der Waals surface area contributed by atoms with E-state index in [-0.39, 0.29) is 12.0 Å². The molecule has 19 heavy (non-hydrogen) atoms. The van der Waals surface area contributed by atoms with Crippen molar-refractivity contribution in [3.8, 4) is 5.75 Å². The minimum Gasteiger partial charge on any atom is -0.493 e. The quantitative estimate of drug-likeness (QED) is 0.839. The Morgan fingerprint density at radius 1 is 1.53 bits per heavy atom. The Morgan fingerprint density at radius 3 is 3.00 bits per heavy atom. The van der Waals surface area contributed by atoms with Crippen molar-refractivity contribution in [2.45, 2.75) is 19.4 Å². The summed E-state index contributed by atoms with van der Waals surface area (Å²) in [7, 11) is 0. The monoisotopic (exact) mass is 261 g/mol. The molecule has 4 heteroatoms. The van der Waals surface area contributed by atoms with Crippen LogP contribution in [0, 0.1) is 0 Å². The molecule has 1 amide bonds. The van der Waals surface area contributed by atoms with E-state index in [2.05, 4.69) is 0 Å². The number of likely N-dealkylation sites (tertiary alicyclic amines) is 1. The average molecular weight is 261 g/mol. The van der Waals surface area contributed by atoms with E-state index in [1.165, 1.54) is 6.08 Å². The smallest absolute Gasteiger partial charge is 0.246 e. The molecule has 1 fully saturated rings. The largest absolute Gasteiger partial charge is 0.493 e. The van der Waals surface area contributed by atoms with Gasteiger partial charge in [-0.15, -0.1) is 0 Å². The minimum absolute atomic E-state index is 0.0668. The zero-order valence-electron chi connectivity index (χ0n) is 11.1. The van der Waals surface area contributed by atoms with Crippen molar-refractivity contribution < 1.29 is 14.6 Å². The molecule has 1 aromatic carbocycles. The number of benzene rings is 1. The maximum Gasteiger partial charge on any atom is 0.246 e. The third-order valence-electron chi connectivity index (χ3n) is 3.10. The molecule has 1 aliphatic heterocycles. The standard InChI is InChI=1S/C15H19NO3/c1-2-19-14-6-4-3-5-12(14)7-8-15(18)16-10-9-13(17)11-16/h3-8,13,17H,2,9-11H2,1H3. The summed E-state index contributed by atoms with van der Waals surface area (Å²) in [5, 5.41) is 9.41. The van der Waals surface area contributed by atoms with Crippen LogP contribution in [0.25, 0.3) is 6.08 Å². The minimum atomic E-state index is -0.381. The van der Waals surface area contributed by atoms with E-state index in [0.717, 1.165) is 11.3 Å². The molecule has 1 N–H and O–H groups in total. The fraction of sp³-hybridized carbons (Fsp3) is 0.400. The summed E-state index contributed by atoms with van der Waals surface area (Å²) in [6, 6.07) is 7.61. The number of aliphatic hydroxyl groups is 1. The van der Waals surface area contributed by atoms with Crippen LogP contribution in [0.5, 0.6) is 5.75 Å². The number of carbonyl (C=O) groups excluding carboxylic acids is 1. The van der Waals surface area contributed by atoms with E-state index in [4.69, 9.17) is 4.74 Å². The fourth-order valence-electron chi connectivity index (χ4n) is 2.11. The summed E-state index contributed by atoms with van der Waals surface area (Å²) < 4.78 is 5.50. The lowest BCUT2D eigenvalue weighted by atomic mass is 10.2. The topological polar surface area (TPSA) is 49.8 Å². The Hall–Kier alpha value is -1.81. The second kappa shape index (κ2) is 6.38. The van der Waals surface area contributed by atoms with Gasteiger partial charge in [-0.1, -0.05) is 18.2 Å². The van der Waals surface area contributed by atoms with Crippen molar-refractivity contribution >= 4 is 12.0 Å². The van der Waals surface area contributed by atoms with Crippen LogP contribution >= 0.6 is 0 Å². The normalized spacial score (nSPS) is 19.1. The molecule has 4 nitrogen and oxygen atoms in total. The molecule has 0 saturated carbocycles. The van der Waals surface area contributed by atoms with Crippen LogP contribution in [0.2, 0.25) is 0 Å². The second-order valence-corrected chi connectivity index (χ2v) is 4.53. The van der Waals surface area contributed by atoms with Crippen LogP contribution in [-0.4, -0.2) is 41.7 Å². The molecule has 1 unspecified atom stereocenters. The Morgan fingerprint density at radius 2 is 2.32 bits per heavy atom. The van der Waals surface area contributed by atoms with Crippen molar-refractivity contribution in [1.29, 1.82) is 0 Å². The van der Waals surface area contributed by atoms with E-state index in [9.17, 15) is 9.90 Å². The highest BCUT2D eigenvalue weighted by molar-refractivity contribution is 5.92. The predicted molar refractivity (Wildman–Crippen MR) is 73.8 cm³/mol. The number of ether oxygens (including phenoxy) is 1. The zero-order valence-corrected chi connectivity index (χ0v) is 11.1. The molecule has 1 aromatic rings. The Kier molecular flexibility index (Phi) is 4.58. The van der Waals surface area contributed by atoms with Gasteiger partial charge in [0.2, 0.25) is 5.91 Å². The van der Waals surface area contributed by atoms with Crippen molar-refractivity contribution in [1.82, 2.24) is 4.90 Å². The van der Waals surface area contributed by atoms with Gasteiger partial charge in [0.05, 0.1) is 12.7 Å². The van der Waals surface area contributed by atoms with Gasteiger partial charge in [-0.25, -0.2) is 0 Å². The maximum atomic E-state index is 11.9. The van der Waals surface area contributed by atoms with Crippen molar-refractivity contribution in [3.05, 3.63) is 35.9 Å². The lowest BCUT2D eigenvalue weighted by Gasteiger charge is -2.12. The third kappa shape index (κ3) is 3.58. The first-order valence-electron chi connectivity index (χ1n) is 6.57. The molecule has 1 aliphatic rings. The van der Waals surface area contributed by atoms with E-state index in [0.29, 0.717) is 26.1 Å². The number of carbonyl (C=O) groups is 1. The van der Waals surface area contributed by atoms with E-state index < -0.39 is 0 Å². The van der Waals surface area contributed by atoms with Crippen LogP contribution in [0.3, 0.4) is 0 Å². The molecule has 0 spiro atoms. The number of aliphatic hydroxyl groups excluding tert-OH is 1. The number of β-amino-alcohol motifs (C(OH)–C–C–N with tert-alkyl or cyclic N) is 1.